The quantitative estimate of drug-likeness (QED) is 0.540. The summed E-state index contributed by atoms with van der Waals surface area (Å²) in [6.07, 6.45) is 3.09. The number of rotatable bonds is 6. The first-order valence-electron chi connectivity index (χ1n) is 8.71. The molecule has 0 radical (unpaired) electrons. The number of fused-ring (bicyclic) bond motifs is 1. The van der Waals surface area contributed by atoms with Gasteiger partial charge in [-0.1, -0.05) is 18.2 Å². The molecule has 1 aromatic carbocycles. The predicted molar refractivity (Wildman–Crippen MR) is 102 cm³/mol. The van der Waals surface area contributed by atoms with Gasteiger partial charge in [-0.2, -0.15) is 0 Å². The third-order valence-electron chi connectivity index (χ3n) is 4.18. The maximum Gasteiger partial charge on any atom is 0.252 e. The first-order valence-corrected chi connectivity index (χ1v) is 8.71. The number of pyridine rings is 1. The van der Waals surface area contributed by atoms with Crippen LogP contribution in [0.2, 0.25) is 0 Å². The van der Waals surface area contributed by atoms with Gasteiger partial charge in [0.05, 0.1) is 36.7 Å². The Balaban J connectivity index is 1.51. The van der Waals surface area contributed by atoms with Crippen molar-refractivity contribution in [2.75, 3.05) is 6.54 Å². The van der Waals surface area contributed by atoms with Crippen LogP contribution in [0.4, 0.5) is 0 Å². The monoisotopic (exact) mass is 375 g/mol. The fraction of sp³-hybridized carbons (Fsp3) is 0.0952. The maximum atomic E-state index is 12.7. The molecule has 0 saturated heterocycles. The van der Waals surface area contributed by atoms with E-state index in [-0.39, 0.29) is 24.9 Å². The van der Waals surface area contributed by atoms with E-state index < -0.39 is 0 Å². The van der Waals surface area contributed by atoms with Crippen molar-refractivity contribution in [1.29, 1.82) is 0 Å². The molecular weight excluding hydrogens is 358 g/mol. The molecule has 2 amide bonds. The molecule has 2 N–H and O–H groups in total. The van der Waals surface area contributed by atoms with E-state index in [9.17, 15) is 9.59 Å². The van der Waals surface area contributed by atoms with Crippen molar-refractivity contribution in [3.05, 3.63) is 78.4 Å². The summed E-state index contributed by atoms with van der Waals surface area (Å²) in [6.45, 7) is 0.120. The third-order valence-corrected chi connectivity index (χ3v) is 4.18. The van der Waals surface area contributed by atoms with Gasteiger partial charge in [0.25, 0.3) is 5.91 Å². The number of para-hydroxylation sites is 1. The molecule has 0 fully saturated rings. The second-order valence-corrected chi connectivity index (χ2v) is 6.09. The van der Waals surface area contributed by atoms with E-state index in [2.05, 4.69) is 15.6 Å². The van der Waals surface area contributed by atoms with Crippen molar-refractivity contribution in [3.8, 4) is 11.5 Å². The molecule has 0 unspecified atom stereocenters. The maximum absolute atomic E-state index is 12.7. The summed E-state index contributed by atoms with van der Waals surface area (Å²) in [5.41, 5.74) is 1.65. The van der Waals surface area contributed by atoms with Crippen LogP contribution in [0.3, 0.4) is 0 Å². The zero-order valence-electron chi connectivity index (χ0n) is 14.8. The van der Waals surface area contributed by atoms with Crippen LogP contribution in [0.5, 0.6) is 0 Å². The number of carbonyl (C=O) groups is 2. The fourth-order valence-corrected chi connectivity index (χ4v) is 2.83. The van der Waals surface area contributed by atoms with Crippen LogP contribution in [-0.2, 0) is 11.3 Å². The lowest BCUT2D eigenvalue weighted by Gasteiger charge is -2.10. The van der Waals surface area contributed by atoms with Crippen LogP contribution in [0, 0.1) is 0 Å². The van der Waals surface area contributed by atoms with Gasteiger partial charge >= 0.3 is 0 Å². The SMILES string of the molecule is O=C(CNC(=O)c1cc(-c2ccco2)nc2ccccc12)NCc1ccco1. The summed E-state index contributed by atoms with van der Waals surface area (Å²) in [4.78, 5) is 29.3. The zero-order valence-corrected chi connectivity index (χ0v) is 14.8. The van der Waals surface area contributed by atoms with Crippen molar-refractivity contribution in [1.82, 2.24) is 15.6 Å². The van der Waals surface area contributed by atoms with Crippen LogP contribution < -0.4 is 10.6 Å². The van der Waals surface area contributed by atoms with Crippen LogP contribution >= 0.6 is 0 Å². The number of hydrogen-bond acceptors (Lipinski definition) is 5. The topological polar surface area (TPSA) is 97.4 Å². The molecule has 0 atom stereocenters. The van der Waals surface area contributed by atoms with Crippen molar-refractivity contribution >= 4 is 22.7 Å². The molecule has 28 heavy (non-hydrogen) atoms. The number of benzene rings is 1. The van der Waals surface area contributed by atoms with E-state index in [1.165, 1.54) is 6.26 Å². The van der Waals surface area contributed by atoms with Crippen LogP contribution in [0.1, 0.15) is 16.1 Å². The van der Waals surface area contributed by atoms with E-state index in [0.29, 0.717) is 33.7 Å². The number of hydrogen-bond donors (Lipinski definition) is 2. The highest BCUT2D eigenvalue weighted by Crippen LogP contribution is 2.25. The van der Waals surface area contributed by atoms with Crippen molar-refractivity contribution in [3.63, 3.8) is 0 Å². The smallest absolute Gasteiger partial charge is 0.252 e. The molecule has 0 spiro atoms. The van der Waals surface area contributed by atoms with E-state index in [4.69, 9.17) is 8.83 Å². The van der Waals surface area contributed by atoms with Gasteiger partial charge in [-0.3, -0.25) is 9.59 Å². The highest BCUT2D eigenvalue weighted by atomic mass is 16.3. The Hall–Kier alpha value is -3.87. The Labute approximate surface area is 160 Å². The molecule has 0 aliphatic heterocycles. The van der Waals surface area contributed by atoms with E-state index in [1.54, 1.807) is 36.6 Å². The fourth-order valence-electron chi connectivity index (χ4n) is 2.83. The predicted octanol–water partition coefficient (Wildman–Crippen LogP) is 3.13. The largest absolute Gasteiger partial charge is 0.467 e. The summed E-state index contributed by atoms with van der Waals surface area (Å²) in [7, 11) is 0. The van der Waals surface area contributed by atoms with Gasteiger partial charge in [-0.25, -0.2) is 4.98 Å². The minimum atomic E-state index is -0.362. The number of furan rings is 2. The molecule has 3 aromatic heterocycles. The van der Waals surface area contributed by atoms with Crippen LogP contribution in [0.15, 0.2) is 76.0 Å². The molecule has 4 rings (SSSR count). The average molecular weight is 375 g/mol. The minimum absolute atomic E-state index is 0.147. The second-order valence-electron chi connectivity index (χ2n) is 6.09. The molecule has 0 aliphatic rings. The first-order chi connectivity index (χ1) is 13.7. The number of nitrogens with one attached hydrogen (secondary N) is 2. The molecule has 140 valence electrons. The molecule has 7 heteroatoms. The van der Waals surface area contributed by atoms with E-state index in [1.807, 2.05) is 24.3 Å². The number of amides is 2. The Bertz CT molecular complexity index is 1100. The zero-order chi connectivity index (χ0) is 19.3. The normalized spacial score (nSPS) is 10.7. The van der Waals surface area contributed by atoms with Crippen LogP contribution in [-0.4, -0.2) is 23.3 Å². The highest BCUT2D eigenvalue weighted by molar-refractivity contribution is 6.07. The summed E-state index contributed by atoms with van der Waals surface area (Å²) in [6, 6.07) is 16.0. The number of carbonyl (C=O) groups excluding carboxylic acids is 2. The summed E-state index contributed by atoms with van der Waals surface area (Å²) < 4.78 is 10.6. The molecule has 4 aromatic rings. The standard InChI is InChI=1S/C21H17N3O4/c25-20(22-12-14-5-3-9-27-14)13-23-21(26)16-11-18(19-8-4-10-28-19)24-17-7-2-1-6-15(16)17/h1-11H,12-13H2,(H,22,25)(H,23,26). The molecule has 0 bridgehead atoms. The molecule has 3 heterocycles. The highest BCUT2D eigenvalue weighted by Gasteiger charge is 2.15. The van der Waals surface area contributed by atoms with Crippen molar-refractivity contribution in [2.24, 2.45) is 0 Å². The summed E-state index contributed by atoms with van der Waals surface area (Å²) in [5.74, 6) is 0.535. The summed E-state index contributed by atoms with van der Waals surface area (Å²) >= 11 is 0. The Morgan fingerprint density at radius 3 is 2.54 bits per heavy atom. The lowest BCUT2D eigenvalue weighted by atomic mass is 10.1. The third kappa shape index (κ3) is 3.78. The van der Waals surface area contributed by atoms with E-state index in [0.717, 1.165) is 0 Å². The van der Waals surface area contributed by atoms with Gasteiger partial charge in [0.15, 0.2) is 5.76 Å². The van der Waals surface area contributed by atoms with E-state index >= 15 is 0 Å². The molecule has 0 aliphatic carbocycles. The summed E-state index contributed by atoms with van der Waals surface area (Å²) in [5, 5.41) is 6.04. The lowest BCUT2D eigenvalue weighted by molar-refractivity contribution is -0.120. The van der Waals surface area contributed by atoms with Gasteiger partial charge in [-0.15, -0.1) is 0 Å². The number of nitrogens with zero attached hydrogens (tertiary/aromatic N) is 1. The van der Waals surface area contributed by atoms with Gasteiger partial charge in [0, 0.05) is 5.39 Å². The van der Waals surface area contributed by atoms with Gasteiger partial charge in [-0.05, 0) is 36.4 Å². The molecular formula is C21H17N3O4. The minimum Gasteiger partial charge on any atom is -0.467 e. The lowest BCUT2D eigenvalue weighted by Crippen LogP contribution is -2.36. The average Bonchev–Trinajstić information content (AvgIpc) is 3.43. The first kappa shape index (κ1) is 17.5. The Morgan fingerprint density at radius 2 is 1.75 bits per heavy atom. The van der Waals surface area contributed by atoms with Gasteiger partial charge in [0.1, 0.15) is 11.5 Å². The number of aromatic nitrogens is 1. The van der Waals surface area contributed by atoms with Crippen LogP contribution in [0.25, 0.3) is 22.4 Å². The molecule has 7 nitrogen and oxygen atoms in total. The molecule has 0 saturated carbocycles. The van der Waals surface area contributed by atoms with Gasteiger partial charge in [0.2, 0.25) is 5.91 Å². The van der Waals surface area contributed by atoms with Gasteiger partial charge < -0.3 is 19.5 Å². The van der Waals surface area contributed by atoms with Crippen molar-refractivity contribution < 1.29 is 18.4 Å². The second kappa shape index (κ2) is 7.79. The van der Waals surface area contributed by atoms with Crippen molar-refractivity contribution in [2.45, 2.75) is 6.54 Å². The Kier molecular flexibility index (Phi) is 4.88. The Morgan fingerprint density at radius 1 is 0.929 bits per heavy atom.